The summed E-state index contributed by atoms with van der Waals surface area (Å²) in [6, 6.07) is 7.58. The number of hydrogen-bond donors (Lipinski definition) is 4. The molecule has 1 aromatic rings. The normalized spacial score (nSPS) is 20.7. The highest BCUT2D eigenvalue weighted by Gasteiger charge is 2.30. The van der Waals surface area contributed by atoms with Gasteiger partial charge in [-0.3, -0.25) is 4.79 Å². The summed E-state index contributed by atoms with van der Waals surface area (Å²) < 4.78 is 23.9. The number of nitrogens with one attached hydrogen (secondary N) is 2. The second kappa shape index (κ2) is 8.80. The lowest BCUT2D eigenvalue weighted by Crippen LogP contribution is -2.48. The van der Waals surface area contributed by atoms with Gasteiger partial charge in [-0.25, -0.2) is 8.42 Å². The molecule has 1 aromatic carbocycles. The molecule has 138 valence electrons. The van der Waals surface area contributed by atoms with Crippen LogP contribution in [-0.2, 0) is 21.1 Å². The molecule has 0 spiro atoms. The minimum absolute atomic E-state index is 0.0305. The Bertz CT molecular complexity index is 678. The van der Waals surface area contributed by atoms with Crippen molar-refractivity contribution in [1.29, 1.82) is 0 Å². The lowest BCUT2D eigenvalue weighted by molar-refractivity contribution is -0.121. The largest absolute Gasteiger partial charge is 0.475 e. The van der Waals surface area contributed by atoms with Crippen LogP contribution in [0, 0.1) is 6.92 Å². The molecule has 9 heteroatoms. The third-order valence-corrected chi connectivity index (χ3v) is 6.61. The molecule has 1 aliphatic rings. The van der Waals surface area contributed by atoms with Crippen molar-refractivity contribution in [3.8, 4) is 0 Å². The highest BCUT2D eigenvalue weighted by molar-refractivity contribution is 7.92. The smallest absolute Gasteiger partial charge is 0.426 e. The number of rotatable bonds is 7. The first-order valence-electron chi connectivity index (χ1n) is 8.41. The fourth-order valence-electron chi connectivity index (χ4n) is 2.83. The number of aryl methyl sites for hydroxylation is 1. The summed E-state index contributed by atoms with van der Waals surface area (Å²) in [4.78, 5) is 12.1. The lowest BCUT2D eigenvalue weighted by atomic mass is 9.76. The molecule has 0 aliphatic carbocycles. The molecule has 7 nitrogen and oxygen atoms in total. The number of sulfone groups is 1. The zero-order valence-electron chi connectivity index (χ0n) is 14.3. The van der Waals surface area contributed by atoms with Gasteiger partial charge in [0.2, 0.25) is 5.91 Å². The Labute approximate surface area is 148 Å². The summed E-state index contributed by atoms with van der Waals surface area (Å²) in [6.07, 6.45) is 0.537. The van der Waals surface area contributed by atoms with E-state index in [1.165, 1.54) is 0 Å². The van der Waals surface area contributed by atoms with E-state index in [9.17, 15) is 23.3 Å². The average Bonchev–Trinajstić information content (AvgIpc) is 2.54. The molecular weight excluding hydrogens is 343 g/mol. The van der Waals surface area contributed by atoms with Crippen molar-refractivity contribution in [2.24, 2.45) is 0 Å². The number of carbonyl (C=O) groups excluding carboxylic acids is 1. The fourth-order valence-corrected chi connectivity index (χ4v) is 4.44. The van der Waals surface area contributed by atoms with Gasteiger partial charge in [-0.05, 0) is 25.3 Å². The van der Waals surface area contributed by atoms with E-state index in [-0.39, 0.29) is 30.9 Å². The minimum Gasteiger partial charge on any atom is -0.426 e. The molecule has 0 aromatic heterocycles. The predicted octanol–water partition coefficient (Wildman–Crippen LogP) is -0.799. The van der Waals surface area contributed by atoms with Crippen LogP contribution in [0.15, 0.2) is 24.3 Å². The Balaban J connectivity index is 1.88. The van der Waals surface area contributed by atoms with Gasteiger partial charge in [-0.2, -0.15) is 0 Å². The maximum atomic E-state index is 12.1. The number of amides is 1. The first-order chi connectivity index (χ1) is 11.8. The van der Waals surface area contributed by atoms with Crippen molar-refractivity contribution >= 4 is 22.9 Å². The summed E-state index contributed by atoms with van der Waals surface area (Å²) in [7, 11) is -4.85. The molecule has 0 bridgehead atoms. The van der Waals surface area contributed by atoms with Crippen LogP contribution in [0.25, 0.3) is 0 Å². The van der Waals surface area contributed by atoms with E-state index in [2.05, 4.69) is 10.6 Å². The predicted molar refractivity (Wildman–Crippen MR) is 96.7 cm³/mol. The van der Waals surface area contributed by atoms with E-state index in [0.717, 1.165) is 11.1 Å². The molecule has 2 atom stereocenters. The molecule has 25 heavy (non-hydrogen) atoms. The van der Waals surface area contributed by atoms with Crippen LogP contribution < -0.4 is 10.6 Å². The van der Waals surface area contributed by atoms with E-state index in [4.69, 9.17) is 0 Å². The Kier molecular flexibility index (Phi) is 7.00. The molecule has 1 aliphatic heterocycles. The second-order valence-electron chi connectivity index (χ2n) is 6.51. The Morgan fingerprint density at radius 2 is 2.04 bits per heavy atom. The van der Waals surface area contributed by atoms with Gasteiger partial charge < -0.3 is 20.7 Å². The van der Waals surface area contributed by atoms with Gasteiger partial charge >= 0.3 is 7.12 Å². The maximum absolute atomic E-state index is 12.1. The van der Waals surface area contributed by atoms with Crippen LogP contribution in [-0.4, -0.2) is 61.5 Å². The molecule has 0 saturated carbocycles. The van der Waals surface area contributed by atoms with Crippen molar-refractivity contribution < 1.29 is 23.3 Å². The van der Waals surface area contributed by atoms with E-state index in [1.807, 2.05) is 31.2 Å². The van der Waals surface area contributed by atoms with Gasteiger partial charge in [-0.1, -0.05) is 29.8 Å². The molecule has 1 fully saturated rings. The van der Waals surface area contributed by atoms with Crippen LogP contribution in [0.4, 0.5) is 0 Å². The van der Waals surface area contributed by atoms with E-state index >= 15 is 0 Å². The van der Waals surface area contributed by atoms with Crippen LogP contribution >= 0.6 is 0 Å². The second-order valence-corrected chi connectivity index (χ2v) is 8.91. The third-order valence-electron chi connectivity index (χ3n) is 4.42. The van der Waals surface area contributed by atoms with Crippen molar-refractivity contribution in [2.45, 2.75) is 37.4 Å². The lowest BCUT2D eigenvalue weighted by Gasteiger charge is -2.23. The monoisotopic (exact) mass is 368 g/mol. The maximum Gasteiger partial charge on any atom is 0.475 e. The van der Waals surface area contributed by atoms with Crippen molar-refractivity contribution in [2.75, 3.05) is 18.8 Å². The van der Waals surface area contributed by atoms with Crippen LogP contribution in [0.5, 0.6) is 0 Å². The van der Waals surface area contributed by atoms with Crippen LogP contribution in [0.1, 0.15) is 24.0 Å². The first-order valence-corrected chi connectivity index (χ1v) is 10.1. The molecule has 0 radical (unpaired) electrons. The summed E-state index contributed by atoms with van der Waals surface area (Å²) >= 11 is 0. The highest BCUT2D eigenvalue weighted by Crippen LogP contribution is 2.13. The highest BCUT2D eigenvalue weighted by atomic mass is 32.2. The summed E-state index contributed by atoms with van der Waals surface area (Å²) in [5.74, 6) is -1.13. The van der Waals surface area contributed by atoms with E-state index < -0.39 is 28.1 Å². The minimum atomic E-state index is -3.16. The number of benzene rings is 1. The Morgan fingerprint density at radius 3 is 2.64 bits per heavy atom. The number of carbonyl (C=O) groups is 1. The van der Waals surface area contributed by atoms with Gasteiger partial charge in [0.15, 0.2) is 9.84 Å². The third kappa shape index (κ3) is 6.11. The molecule has 2 rings (SSSR count). The first kappa shape index (κ1) is 19.9. The summed E-state index contributed by atoms with van der Waals surface area (Å²) in [5, 5.41) is 24.1. The molecule has 1 amide bonds. The summed E-state index contributed by atoms with van der Waals surface area (Å²) in [5.41, 5.74) is 1.97. The SMILES string of the molecule is Cc1ccc(C[C@H](NC(=O)CCC2CNCCS2(=O)=O)B(O)O)cc1. The molecule has 1 unspecified atom stereocenters. The van der Waals surface area contributed by atoms with Gasteiger partial charge in [0.25, 0.3) is 0 Å². The summed E-state index contributed by atoms with van der Waals surface area (Å²) in [6.45, 7) is 2.75. The van der Waals surface area contributed by atoms with Crippen molar-refractivity contribution in [3.63, 3.8) is 0 Å². The Morgan fingerprint density at radius 1 is 1.36 bits per heavy atom. The Hall–Kier alpha value is -1.42. The molecule has 1 heterocycles. The molecule has 1 saturated heterocycles. The topological polar surface area (TPSA) is 116 Å². The fraction of sp³-hybridized carbons (Fsp3) is 0.562. The van der Waals surface area contributed by atoms with Crippen LogP contribution in [0.3, 0.4) is 0 Å². The zero-order valence-corrected chi connectivity index (χ0v) is 15.1. The standard InChI is InChI=1S/C16H25BN2O5S/c1-12-2-4-13(5-3-12)10-15(17(21)22)19-16(20)7-6-14-11-18-8-9-25(14,23)24/h2-5,14-15,18,21-22H,6-11H2,1H3,(H,19,20)/t14?,15-/m0/s1. The quantitative estimate of drug-likeness (QED) is 0.469. The zero-order chi connectivity index (χ0) is 18.4. The van der Waals surface area contributed by atoms with Gasteiger partial charge in [-0.15, -0.1) is 0 Å². The molecular formula is C16H25BN2O5S. The van der Waals surface area contributed by atoms with Crippen LogP contribution in [0.2, 0.25) is 0 Å². The van der Waals surface area contributed by atoms with Gasteiger partial charge in [0.1, 0.15) is 0 Å². The van der Waals surface area contributed by atoms with E-state index in [0.29, 0.717) is 13.1 Å². The van der Waals surface area contributed by atoms with Crippen molar-refractivity contribution in [1.82, 2.24) is 10.6 Å². The number of hydrogen-bond acceptors (Lipinski definition) is 6. The average molecular weight is 368 g/mol. The van der Waals surface area contributed by atoms with E-state index in [1.54, 1.807) is 0 Å². The van der Waals surface area contributed by atoms with Crippen molar-refractivity contribution in [3.05, 3.63) is 35.4 Å². The van der Waals surface area contributed by atoms with Gasteiger partial charge in [0, 0.05) is 19.5 Å². The molecule has 4 N–H and O–H groups in total. The van der Waals surface area contributed by atoms with Gasteiger partial charge in [0.05, 0.1) is 16.9 Å².